The van der Waals surface area contributed by atoms with Gasteiger partial charge in [-0.2, -0.15) is 0 Å². The van der Waals surface area contributed by atoms with E-state index in [0.717, 1.165) is 19.1 Å². The zero-order valence-corrected chi connectivity index (χ0v) is 9.62. The minimum atomic E-state index is -3.38. The molecule has 1 heterocycles. The summed E-state index contributed by atoms with van der Waals surface area (Å²) in [6, 6.07) is 1.63. The van der Waals surface area contributed by atoms with Crippen molar-refractivity contribution in [2.75, 3.05) is 16.7 Å². The Labute approximate surface area is 93.9 Å². The van der Waals surface area contributed by atoms with Gasteiger partial charge >= 0.3 is 0 Å². The van der Waals surface area contributed by atoms with Crippen LogP contribution in [0.4, 0.5) is 11.5 Å². The van der Waals surface area contributed by atoms with Crippen LogP contribution in [0.1, 0.15) is 12.8 Å². The van der Waals surface area contributed by atoms with E-state index in [2.05, 4.69) is 9.71 Å². The van der Waals surface area contributed by atoms with Crippen molar-refractivity contribution >= 4 is 21.5 Å². The molecule has 1 saturated carbocycles. The Hall–Kier alpha value is -1.50. The van der Waals surface area contributed by atoms with Crippen LogP contribution in [0.3, 0.4) is 0 Å². The number of aromatic nitrogens is 1. The monoisotopic (exact) mass is 243 g/mol. The van der Waals surface area contributed by atoms with E-state index in [4.69, 9.17) is 10.5 Å². The molecule has 3 N–H and O–H groups in total. The van der Waals surface area contributed by atoms with Crippen molar-refractivity contribution in [3.05, 3.63) is 12.3 Å². The molecule has 88 valence electrons. The molecule has 0 spiro atoms. The summed E-state index contributed by atoms with van der Waals surface area (Å²) >= 11 is 0. The first kappa shape index (κ1) is 11.0. The van der Waals surface area contributed by atoms with Crippen LogP contribution in [0.5, 0.6) is 5.75 Å². The maximum Gasteiger partial charge on any atom is 0.231 e. The molecule has 1 fully saturated rings. The fourth-order valence-corrected chi connectivity index (χ4v) is 1.69. The minimum Gasteiger partial charge on any atom is -0.488 e. The van der Waals surface area contributed by atoms with Gasteiger partial charge in [0.15, 0.2) is 5.82 Å². The van der Waals surface area contributed by atoms with E-state index in [0.29, 0.717) is 5.75 Å². The zero-order chi connectivity index (χ0) is 11.8. The van der Waals surface area contributed by atoms with Crippen molar-refractivity contribution in [1.82, 2.24) is 4.98 Å². The molecule has 6 nitrogen and oxygen atoms in total. The molecule has 7 heteroatoms. The van der Waals surface area contributed by atoms with Gasteiger partial charge in [0.05, 0.1) is 12.4 Å². The van der Waals surface area contributed by atoms with Crippen LogP contribution in [0.2, 0.25) is 0 Å². The molecule has 0 radical (unpaired) electrons. The molecule has 0 saturated heterocycles. The van der Waals surface area contributed by atoms with Crippen molar-refractivity contribution in [3.8, 4) is 5.75 Å². The highest BCUT2D eigenvalue weighted by atomic mass is 32.2. The van der Waals surface area contributed by atoms with Crippen LogP contribution in [0.15, 0.2) is 12.3 Å². The van der Waals surface area contributed by atoms with E-state index in [1.54, 1.807) is 6.07 Å². The number of rotatable bonds is 4. The number of sulfonamides is 1. The lowest BCUT2D eigenvalue weighted by molar-refractivity contribution is 0.305. The van der Waals surface area contributed by atoms with E-state index < -0.39 is 10.0 Å². The van der Waals surface area contributed by atoms with Crippen molar-refractivity contribution in [3.63, 3.8) is 0 Å². The number of nitrogens with two attached hydrogens (primary N) is 1. The standard InChI is InChI=1S/C9H13N3O3S/c1-16(13,14)12-9-8(10)7(4-5-11-9)15-6-2-3-6/h4-6H,2-3,10H2,1H3,(H,11,12). The Morgan fingerprint density at radius 2 is 2.25 bits per heavy atom. The number of anilines is 2. The van der Waals surface area contributed by atoms with Crippen LogP contribution in [-0.4, -0.2) is 25.8 Å². The number of pyridine rings is 1. The van der Waals surface area contributed by atoms with E-state index in [1.165, 1.54) is 6.20 Å². The zero-order valence-electron chi connectivity index (χ0n) is 8.80. The summed E-state index contributed by atoms with van der Waals surface area (Å²) in [4.78, 5) is 3.86. The third-order valence-electron chi connectivity index (χ3n) is 2.05. The second-order valence-electron chi connectivity index (χ2n) is 3.76. The van der Waals surface area contributed by atoms with Gasteiger partial charge in [-0.05, 0) is 12.8 Å². The molecule has 1 aromatic heterocycles. The van der Waals surface area contributed by atoms with Crippen LogP contribution in [0.25, 0.3) is 0 Å². The summed E-state index contributed by atoms with van der Waals surface area (Å²) in [5.74, 6) is 0.587. The minimum absolute atomic E-state index is 0.112. The van der Waals surface area contributed by atoms with E-state index in [9.17, 15) is 8.42 Å². The number of nitrogen functional groups attached to an aromatic ring is 1. The van der Waals surface area contributed by atoms with Gasteiger partial charge in [0.25, 0.3) is 0 Å². The average molecular weight is 243 g/mol. The summed E-state index contributed by atoms with van der Waals surface area (Å²) in [7, 11) is -3.38. The number of hydrogen-bond acceptors (Lipinski definition) is 5. The number of nitrogens with zero attached hydrogens (tertiary/aromatic N) is 1. The molecule has 16 heavy (non-hydrogen) atoms. The normalized spacial score (nSPS) is 15.8. The molecular weight excluding hydrogens is 230 g/mol. The molecule has 0 aromatic carbocycles. The van der Waals surface area contributed by atoms with Gasteiger partial charge in [-0.1, -0.05) is 0 Å². The molecule has 0 aliphatic heterocycles. The Balaban J connectivity index is 2.24. The fourth-order valence-electron chi connectivity index (χ4n) is 1.18. The Morgan fingerprint density at radius 1 is 1.56 bits per heavy atom. The van der Waals surface area contributed by atoms with Crippen LogP contribution >= 0.6 is 0 Å². The Kier molecular flexibility index (Phi) is 2.63. The Bertz CT molecular complexity index is 497. The smallest absolute Gasteiger partial charge is 0.231 e. The predicted octanol–water partition coefficient (Wildman–Crippen LogP) is 0.576. The second kappa shape index (κ2) is 3.82. The lowest BCUT2D eigenvalue weighted by Crippen LogP contribution is -2.13. The maximum absolute atomic E-state index is 11.1. The summed E-state index contributed by atoms with van der Waals surface area (Å²) < 4.78 is 29.9. The highest BCUT2D eigenvalue weighted by Gasteiger charge is 2.25. The fraction of sp³-hybridized carbons (Fsp3) is 0.444. The van der Waals surface area contributed by atoms with E-state index >= 15 is 0 Å². The summed E-state index contributed by atoms with van der Waals surface area (Å²) in [5, 5.41) is 0. The van der Waals surface area contributed by atoms with Crippen LogP contribution in [-0.2, 0) is 10.0 Å². The maximum atomic E-state index is 11.1. The third kappa shape index (κ3) is 2.75. The first-order valence-corrected chi connectivity index (χ1v) is 6.74. The molecule has 2 rings (SSSR count). The highest BCUT2D eigenvalue weighted by molar-refractivity contribution is 7.92. The predicted molar refractivity (Wildman–Crippen MR) is 60.8 cm³/mol. The van der Waals surface area contributed by atoms with E-state index in [1.807, 2.05) is 0 Å². The third-order valence-corrected chi connectivity index (χ3v) is 2.61. The van der Waals surface area contributed by atoms with Gasteiger partial charge in [-0.3, -0.25) is 4.72 Å². The van der Waals surface area contributed by atoms with Crippen molar-refractivity contribution in [2.45, 2.75) is 18.9 Å². The van der Waals surface area contributed by atoms with Gasteiger partial charge in [0.1, 0.15) is 11.4 Å². The van der Waals surface area contributed by atoms with Crippen molar-refractivity contribution in [1.29, 1.82) is 0 Å². The molecule has 0 bridgehead atoms. The molecule has 0 unspecified atom stereocenters. The number of nitrogens with one attached hydrogen (secondary N) is 1. The van der Waals surface area contributed by atoms with Crippen molar-refractivity contribution < 1.29 is 13.2 Å². The molecule has 0 atom stereocenters. The molecule has 1 aromatic rings. The van der Waals surface area contributed by atoms with Gasteiger partial charge in [0.2, 0.25) is 10.0 Å². The van der Waals surface area contributed by atoms with Gasteiger partial charge in [0, 0.05) is 12.3 Å². The number of hydrogen-bond donors (Lipinski definition) is 2. The summed E-state index contributed by atoms with van der Waals surface area (Å²) in [6.07, 6.45) is 4.73. The average Bonchev–Trinajstić information content (AvgIpc) is 2.93. The van der Waals surface area contributed by atoms with Crippen molar-refractivity contribution in [2.24, 2.45) is 0 Å². The van der Waals surface area contributed by atoms with Crippen LogP contribution in [0, 0.1) is 0 Å². The second-order valence-corrected chi connectivity index (χ2v) is 5.51. The molecule has 0 amide bonds. The molecular formula is C9H13N3O3S. The van der Waals surface area contributed by atoms with E-state index in [-0.39, 0.29) is 17.6 Å². The van der Waals surface area contributed by atoms with Gasteiger partial charge < -0.3 is 10.5 Å². The largest absolute Gasteiger partial charge is 0.488 e. The van der Waals surface area contributed by atoms with Gasteiger partial charge in [-0.25, -0.2) is 13.4 Å². The molecule has 1 aliphatic carbocycles. The Morgan fingerprint density at radius 3 is 2.81 bits per heavy atom. The first-order chi connectivity index (χ1) is 7.46. The summed E-state index contributed by atoms with van der Waals surface area (Å²) in [6.45, 7) is 0. The van der Waals surface area contributed by atoms with Gasteiger partial charge in [-0.15, -0.1) is 0 Å². The molecule has 1 aliphatic rings. The first-order valence-electron chi connectivity index (χ1n) is 4.84. The lowest BCUT2D eigenvalue weighted by atomic mass is 10.3. The topological polar surface area (TPSA) is 94.3 Å². The van der Waals surface area contributed by atoms with Crippen LogP contribution < -0.4 is 15.2 Å². The SMILES string of the molecule is CS(=O)(=O)Nc1nccc(OC2CC2)c1N. The number of ether oxygens (including phenoxy) is 1. The lowest BCUT2D eigenvalue weighted by Gasteiger charge is -2.11. The highest BCUT2D eigenvalue weighted by Crippen LogP contribution is 2.33. The summed E-state index contributed by atoms with van der Waals surface area (Å²) in [5.41, 5.74) is 5.97. The quantitative estimate of drug-likeness (QED) is 0.806.